The molecule has 0 aromatic carbocycles. The first-order valence-electron chi connectivity index (χ1n) is 6.33. The molecule has 0 saturated carbocycles. The highest BCUT2D eigenvalue weighted by molar-refractivity contribution is 5.89. The molecule has 0 aliphatic carbocycles. The molecule has 1 heterocycles. The number of ketones is 1. The number of hydrogen-bond donors (Lipinski definition) is 1. The zero-order chi connectivity index (χ0) is 15.3. The van der Waals surface area contributed by atoms with Gasteiger partial charge in [-0.15, -0.1) is 0 Å². The second-order valence-corrected chi connectivity index (χ2v) is 5.56. The Hall–Kier alpha value is -1.95. The van der Waals surface area contributed by atoms with E-state index < -0.39 is 17.7 Å². The zero-order valence-electron chi connectivity index (χ0n) is 12.3. The molecule has 0 saturated heterocycles. The topological polar surface area (TPSA) is 85.5 Å². The summed E-state index contributed by atoms with van der Waals surface area (Å²) in [4.78, 5) is 28.9. The van der Waals surface area contributed by atoms with Crippen LogP contribution in [0.15, 0.2) is 24.5 Å². The van der Waals surface area contributed by atoms with Gasteiger partial charge in [-0.1, -0.05) is 0 Å². The number of nitrogens with two attached hydrogens (primary N) is 1. The number of Topliss-reactive ketones (excluding diaryl/α,β-unsaturated/α-hetero) is 1. The summed E-state index contributed by atoms with van der Waals surface area (Å²) < 4.78 is 5.17. The first kappa shape index (κ1) is 16.1. The Morgan fingerprint density at radius 2 is 1.90 bits per heavy atom. The molecule has 6 nitrogen and oxygen atoms in total. The largest absolute Gasteiger partial charge is 0.444 e. The van der Waals surface area contributed by atoms with E-state index >= 15 is 0 Å². The molecule has 0 bridgehead atoms. The summed E-state index contributed by atoms with van der Waals surface area (Å²) in [6.45, 7) is 5.20. The van der Waals surface area contributed by atoms with Gasteiger partial charge in [0.1, 0.15) is 5.60 Å². The van der Waals surface area contributed by atoms with Crippen LogP contribution in [0.1, 0.15) is 32.4 Å². The van der Waals surface area contributed by atoms with E-state index in [1.54, 1.807) is 45.3 Å². The molecule has 0 aliphatic heterocycles. The van der Waals surface area contributed by atoms with Crippen LogP contribution < -0.4 is 5.73 Å². The van der Waals surface area contributed by atoms with Crippen molar-refractivity contribution in [3.63, 3.8) is 0 Å². The van der Waals surface area contributed by atoms with Gasteiger partial charge >= 0.3 is 6.09 Å². The third kappa shape index (κ3) is 4.97. The molecule has 2 N–H and O–H groups in total. The summed E-state index contributed by atoms with van der Waals surface area (Å²) in [5.74, 6) is -0.260. The first-order valence-corrected chi connectivity index (χ1v) is 6.33. The maximum Gasteiger partial charge on any atom is 0.410 e. The van der Waals surface area contributed by atoms with Crippen LogP contribution in [0.4, 0.5) is 4.79 Å². The monoisotopic (exact) mass is 279 g/mol. The van der Waals surface area contributed by atoms with Crippen LogP contribution in [0, 0.1) is 0 Å². The van der Waals surface area contributed by atoms with Crippen molar-refractivity contribution >= 4 is 11.9 Å². The van der Waals surface area contributed by atoms with Crippen molar-refractivity contribution in [3.8, 4) is 0 Å². The maximum atomic E-state index is 12.0. The molecular weight excluding hydrogens is 258 g/mol. The Bertz CT molecular complexity index is 468. The van der Waals surface area contributed by atoms with Crippen molar-refractivity contribution in [3.05, 3.63) is 30.1 Å². The number of hydrogen-bond acceptors (Lipinski definition) is 5. The Labute approximate surface area is 118 Å². The van der Waals surface area contributed by atoms with Crippen molar-refractivity contribution in [1.29, 1.82) is 0 Å². The predicted octanol–water partition coefficient (Wildman–Crippen LogP) is 1.52. The number of aromatic nitrogens is 1. The lowest BCUT2D eigenvalue weighted by molar-refractivity contribution is -0.121. The molecule has 1 rings (SSSR count). The molecule has 1 atom stereocenters. The highest BCUT2D eigenvalue weighted by atomic mass is 16.6. The lowest BCUT2D eigenvalue weighted by atomic mass is 10.1. The number of carbonyl (C=O) groups is 2. The second-order valence-electron chi connectivity index (χ2n) is 5.56. The zero-order valence-corrected chi connectivity index (χ0v) is 12.3. The van der Waals surface area contributed by atoms with Crippen LogP contribution in [-0.2, 0) is 9.53 Å². The van der Waals surface area contributed by atoms with E-state index in [-0.39, 0.29) is 12.3 Å². The third-order valence-electron chi connectivity index (χ3n) is 2.51. The fourth-order valence-electron chi connectivity index (χ4n) is 1.49. The van der Waals surface area contributed by atoms with Gasteiger partial charge in [0.2, 0.25) is 0 Å². The Morgan fingerprint density at radius 1 is 1.35 bits per heavy atom. The van der Waals surface area contributed by atoms with Crippen LogP contribution >= 0.6 is 0 Å². The van der Waals surface area contributed by atoms with Crippen LogP contribution in [0.3, 0.4) is 0 Å². The van der Waals surface area contributed by atoms with Gasteiger partial charge in [-0.3, -0.25) is 9.78 Å². The number of pyridine rings is 1. The van der Waals surface area contributed by atoms with Crippen molar-refractivity contribution in [2.45, 2.75) is 32.4 Å². The lowest BCUT2D eigenvalue weighted by Crippen LogP contribution is -2.39. The summed E-state index contributed by atoms with van der Waals surface area (Å²) in [6.07, 6.45) is 2.59. The second kappa shape index (κ2) is 6.47. The van der Waals surface area contributed by atoms with Gasteiger partial charge in [0.15, 0.2) is 5.78 Å². The maximum absolute atomic E-state index is 12.0. The Balaban J connectivity index is 2.60. The molecule has 6 heteroatoms. The molecule has 0 aliphatic rings. The highest BCUT2D eigenvalue weighted by Crippen LogP contribution is 2.12. The summed E-state index contributed by atoms with van der Waals surface area (Å²) in [5.41, 5.74) is 5.93. The average molecular weight is 279 g/mol. The van der Waals surface area contributed by atoms with Gasteiger partial charge in [-0.05, 0) is 38.5 Å². The molecule has 0 fully saturated rings. The highest BCUT2D eigenvalue weighted by Gasteiger charge is 2.23. The number of likely N-dealkylation sites (N-methyl/N-ethyl adjacent to an activating group) is 1. The number of carbonyl (C=O) groups excluding carboxylic acids is 2. The molecule has 110 valence electrons. The van der Waals surface area contributed by atoms with E-state index in [2.05, 4.69) is 4.98 Å². The molecule has 0 spiro atoms. The smallest absolute Gasteiger partial charge is 0.410 e. The molecule has 0 radical (unpaired) electrons. The molecular formula is C14H21N3O3. The predicted molar refractivity (Wildman–Crippen MR) is 75.0 cm³/mol. The number of ether oxygens (including phenoxy) is 1. The fraction of sp³-hybridized carbons (Fsp3) is 0.500. The number of nitrogens with zero attached hydrogens (tertiary/aromatic N) is 2. The van der Waals surface area contributed by atoms with E-state index in [4.69, 9.17) is 10.5 Å². The molecule has 1 aromatic heterocycles. The Morgan fingerprint density at radius 3 is 2.40 bits per heavy atom. The van der Waals surface area contributed by atoms with Crippen LogP contribution in [0.5, 0.6) is 0 Å². The molecule has 1 unspecified atom stereocenters. The van der Waals surface area contributed by atoms with Crippen molar-refractivity contribution < 1.29 is 14.3 Å². The van der Waals surface area contributed by atoms with E-state index in [0.717, 1.165) is 0 Å². The Kier molecular flexibility index (Phi) is 5.21. The number of rotatable bonds is 4. The lowest BCUT2D eigenvalue weighted by Gasteiger charge is -2.25. The first-order chi connectivity index (χ1) is 9.20. The standard InChI is InChI=1S/C14H21N3O3/c1-14(2,3)20-13(19)17(4)9-11(18)12(15)10-5-7-16-8-6-10/h5-8,12H,9,15H2,1-4H3. The van der Waals surface area contributed by atoms with Gasteiger partial charge in [-0.25, -0.2) is 4.79 Å². The third-order valence-corrected chi connectivity index (χ3v) is 2.51. The molecule has 1 amide bonds. The van der Waals surface area contributed by atoms with Crippen molar-refractivity contribution in [2.75, 3.05) is 13.6 Å². The molecule has 20 heavy (non-hydrogen) atoms. The van der Waals surface area contributed by atoms with Crippen LogP contribution in [0.25, 0.3) is 0 Å². The molecule has 1 aromatic rings. The fourth-order valence-corrected chi connectivity index (χ4v) is 1.49. The summed E-state index contributed by atoms with van der Waals surface area (Å²) >= 11 is 0. The SMILES string of the molecule is CN(CC(=O)C(N)c1ccncc1)C(=O)OC(C)(C)C. The summed E-state index contributed by atoms with van der Waals surface area (Å²) in [7, 11) is 1.51. The average Bonchev–Trinajstić information content (AvgIpc) is 2.36. The van der Waals surface area contributed by atoms with Crippen molar-refractivity contribution in [1.82, 2.24) is 9.88 Å². The van der Waals surface area contributed by atoms with Gasteiger partial charge in [0.25, 0.3) is 0 Å². The van der Waals surface area contributed by atoms with Crippen molar-refractivity contribution in [2.24, 2.45) is 5.73 Å². The van der Waals surface area contributed by atoms with E-state index in [1.807, 2.05) is 0 Å². The van der Waals surface area contributed by atoms with Crippen LogP contribution in [-0.4, -0.2) is 41.0 Å². The van der Waals surface area contributed by atoms with Crippen LogP contribution in [0.2, 0.25) is 0 Å². The van der Waals surface area contributed by atoms with E-state index in [9.17, 15) is 9.59 Å². The quantitative estimate of drug-likeness (QED) is 0.903. The van der Waals surface area contributed by atoms with Gasteiger partial charge < -0.3 is 15.4 Å². The van der Waals surface area contributed by atoms with E-state index in [0.29, 0.717) is 5.56 Å². The van der Waals surface area contributed by atoms with Gasteiger partial charge in [-0.2, -0.15) is 0 Å². The summed E-state index contributed by atoms with van der Waals surface area (Å²) in [6, 6.07) is 2.58. The van der Waals surface area contributed by atoms with E-state index in [1.165, 1.54) is 11.9 Å². The van der Waals surface area contributed by atoms with Gasteiger partial charge in [0.05, 0.1) is 12.6 Å². The normalized spacial score (nSPS) is 12.7. The summed E-state index contributed by atoms with van der Waals surface area (Å²) in [5, 5.41) is 0. The van der Waals surface area contributed by atoms with Gasteiger partial charge in [0, 0.05) is 19.4 Å². The minimum Gasteiger partial charge on any atom is -0.444 e. The number of amides is 1. The minimum atomic E-state index is -0.775. The minimum absolute atomic E-state index is 0.0988.